The Bertz CT molecular complexity index is 832. The summed E-state index contributed by atoms with van der Waals surface area (Å²) in [5, 5.41) is 3.89. The molecule has 0 aliphatic carbocycles. The highest BCUT2D eigenvalue weighted by Gasteiger charge is 2.13. The number of nitrogens with zero attached hydrogens (tertiary/aromatic N) is 2. The highest BCUT2D eigenvalue weighted by molar-refractivity contribution is 5.56. The highest BCUT2D eigenvalue weighted by Crippen LogP contribution is 2.20. The summed E-state index contributed by atoms with van der Waals surface area (Å²) < 4.78 is 11.5. The van der Waals surface area contributed by atoms with Gasteiger partial charge >= 0.3 is 5.76 Å². The third kappa shape index (κ3) is 2.79. The van der Waals surface area contributed by atoms with Gasteiger partial charge in [-0.2, -0.15) is 0 Å². The molecule has 0 N–H and O–H groups in total. The number of hydrogen-bond acceptors (Lipinski definition) is 4. The third-order valence-corrected chi connectivity index (χ3v) is 3.46. The van der Waals surface area contributed by atoms with E-state index in [0.717, 1.165) is 22.4 Å². The van der Waals surface area contributed by atoms with Crippen molar-refractivity contribution in [2.45, 2.75) is 13.5 Å². The Labute approximate surface area is 127 Å². The molecule has 0 radical (unpaired) electrons. The van der Waals surface area contributed by atoms with Crippen LogP contribution >= 0.6 is 0 Å². The van der Waals surface area contributed by atoms with Crippen molar-refractivity contribution in [2.24, 2.45) is 0 Å². The molecule has 3 rings (SSSR count). The van der Waals surface area contributed by atoms with Gasteiger partial charge in [0, 0.05) is 5.56 Å². The molecule has 0 unspecified atom stereocenters. The van der Waals surface area contributed by atoms with Crippen molar-refractivity contribution < 1.29 is 9.26 Å². The second kappa shape index (κ2) is 5.89. The van der Waals surface area contributed by atoms with Crippen molar-refractivity contribution in [3.8, 4) is 17.1 Å². The number of benzene rings is 2. The number of aromatic nitrogens is 2. The summed E-state index contributed by atoms with van der Waals surface area (Å²) in [5.41, 5.74) is 2.98. The molecule has 3 aromatic rings. The maximum Gasteiger partial charge on any atom is 0.442 e. The Morgan fingerprint density at radius 2 is 1.95 bits per heavy atom. The zero-order chi connectivity index (χ0) is 15.5. The molecule has 1 heterocycles. The van der Waals surface area contributed by atoms with Gasteiger partial charge in [0.15, 0.2) is 5.82 Å². The summed E-state index contributed by atoms with van der Waals surface area (Å²) in [7, 11) is 1.61. The molecule has 0 aliphatic heterocycles. The summed E-state index contributed by atoms with van der Waals surface area (Å²) >= 11 is 0. The third-order valence-electron chi connectivity index (χ3n) is 3.46. The molecule has 0 spiro atoms. The lowest BCUT2D eigenvalue weighted by molar-refractivity contribution is 0.378. The molecule has 112 valence electrons. The monoisotopic (exact) mass is 296 g/mol. The molecule has 5 nitrogen and oxygen atoms in total. The van der Waals surface area contributed by atoms with Crippen LogP contribution in [0.3, 0.4) is 0 Å². The van der Waals surface area contributed by atoms with Gasteiger partial charge in [0.2, 0.25) is 0 Å². The van der Waals surface area contributed by atoms with Crippen molar-refractivity contribution in [3.63, 3.8) is 0 Å². The summed E-state index contributed by atoms with van der Waals surface area (Å²) in [6.45, 7) is 2.44. The Morgan fingerprint density at radius 1 is 1.18 bits per heavy atom. The Morgan fingerprint density at radius 3 is 2.64 bits per heavy atom. The Hall–Kier alpha value is -2.82. The van der Waals surface area contributed by atoms with Crippen LogP contribution in [0.4, 0.5) is 0 Å². The van der Waals surface area contributed by atoms with Crippen LogP contribution in [-0.2, 0) is 6.54 Å². The lowest BCUT2D eigenvalue weighted by Crippen LogP contribution is -2.16. The lowest BCUT2D eigenvalue weighted by atomic mass is 10.1. The lowest BCUT2D eigenvalue weighted by Gasteiger charge is -2.06. The predicted octanol–water partition coefficient (Wildman–Crippen LogP) is 2.87. The van der Waals surface area contributed by atoms with Crippen molar-refractivity contribution in [1.82, 2.24) is 9.72 Å². The highest BCUT2D eigenvalue weighted by atomic mass is 16.5. The minimum atomic E-state index is -0.465. The molecule has 0 saturated heterocycles. The zero-order valence-electron chi connectivity index (χ0n) is 12.4. The number of methoxy groups -OCH3 is 1. The Balaban J connectivity index is 1.98. The van der Waals surface area contributed by atoms with E-state index in [0.29, 0.717) is 12.4 Å². The van der Waals surface area contributed by atoms with Crippen molar-refractivity contribution >= 4 is 0 Å². The molecule has 1 aromatic heterocycles. The van der Waals surface area contributed by atoms with Crippen molar-refractivity contribution in [2.75, 3.05) is 7.11 Å². The van der Waals surface area contributed by atoms with Crippen LogP contribution in [0.5, 0.6) is 5.75 Å². The molecule has 2 aromatic carbocycles. The maximum atomic E-state index is 11.9. The summed E-state index contributed by atoms with van der Waals surface area (Å²) in [6.07, 6.45) is 0. The summed E-state index contributed by atoms with van der Waals surface area (Å²) in [6, 6.07) is 15.4. The van der Waals surface area contributed by atoms with E-state index in [2.05, 4.69) is 5.16 Å². The average molecular weight is 296 g/mol. The summed E-state index contributed by atoms with van der Waals surface area (Å²) in [4.78, 5) is 11.9. The van der Waals surface area contributed by atoms with Crippen molar-refractivity contribution in [3.05, 3.63) is 70.2 Å². The fourth-order valence-corrected chi connectivity index (χ4v) is 2.35. The van der Waals surface area contributed by atoms with E-state index >= 15 is 0 Å². The Kier molecular flexibility index (Phi) is 3.78. The van der Waals surface area contributed by atoms with Crippen LogP contribution in [0, 0.1) is 6.92 Å². The smallest absolute Gasteiger partial charge is 0.442 e. The van der Waals surface area contributed by atoms with Crippen LogP contribution in [-0.4, -0.2) is 16.8 Å². The summed E-state index contributed by atoms with van der Waals surface area (Å²) in [5.74, 6) is 0.793. The van der Waals surface area contributed by atoms with Crippen LogP contribution in [0.15, 0.2) is 57.8 Å². The minimum Gasteiger partial charge on any atom is -0.497 e. The maximum absolute atomic E-state index is 11.9. The van der Waals surface area contributed by atoms with Gasteiger partial charge < -0.3 is 4.74 Å². The van der Waals surface area contributed by atoms with E-state index < -0.39 is 5.76 Å². The first-order chi connectivity index (χ1) is 10.7. The van der Waals surface area contributed by atoms with E-state index in [4.69, 9.17) is 9.26 Å². The zero-order valence-corrected chi connectivity index (χ0v) is 12.4. The first-order valence-electron chi connectivity index (χ1n) is 6.94. The normalized spacial score (nSPS) is 10.6. The molecule has 0 atom stereocenters. The van der Waals surface area contributed by atoms with Crippen LogP contribution < -0.4 is 10.5 Å². The second-order valence-corrected chi connectivity index (χ2v) is 5.08. The SMILES string of the molecule is COc1ccc(-c2noc(=O)n2Cc2cccc(C)c2)cc1. The molecule has 0 amide bonds. The van der Waals surface area contributed by atoms with E-state index in [1.54, 1.807) is 7.11 Å². The fourth-order valence-electron chi connectivity index (χ4n) is 2.35. The number of ether oxygens (including phenoxy) is 1. The standard InChI is InChI=1S/C17H16N2O3/c1-12-4-3-5-13(10-12)11-19-16(18-22-17(19)20)14-6-8-15(21-2)9-7-14/h3-10H,11H2,1-2H3. The van der Waals surface area contributed by atoms with Gasteiger partial charge in [0.1, 0.15) is 5.75 Å². The molecule has 5 heteroatoms. The fraction of sp³-hybridized carbons (Fsp3) is 0.176. The largest absolute Gasteiger partial charge is 0.497 e. The second-order valence-electron chi connectivity index (χ2n) is 5.08. The molecule has 0 saturated carbocycles. The van der Waals surface area contributed by atoms with Crippen LogP contribution in [0.2, 0.25) is 0 Å². The molecular weight excluding hydrogens is 280 g/mol. The predicted molar refractivity (Wildman–Crippen MR) is 83.0 cm³/mol. The van der Waals surface area contributed by atoms with E-state index in [9.17, 15) is 4.79 Å². The molecular formula is C17H16N2O3. The van der Waals surface area contributed by atoms with E-state index in [1.165, 1.54) is 4.57 Å². The van der Waals surface area contributed by atoms with E-state index in [1.807, 2.05) is 55.5 Å². The van der Waals surface area contributed by atoms with E-state index in [-0.39, 0.29) is 0 Å². The van der Waals surface area contributed by atoms with Crippen molar-refractivity contribution in [1.29, 1.82) is 0 Å². The minimum absolute atomic E-state index is 0.422. The van der Waals surface area contributed by atoms with Gasteiger partial charge in [-0.25, -0.2) is 4.79 Å². The molecule has 0 bridgehead atoms. The topological polar surface area (TPSA) is 57.3 Å². The number of hydrogen-bond donors (Lipinski definition) is 0. The number of aryl methyl sites for hydroxylation is 1. The molecule has 22 heavy (non-hydrogen) atoms. The van der Waals surface area contributed by atoms with Gasteiger partial charge in [-0.05, 0) is 36.8 Å². The van der Waals surface area contributed by atoms with Gasteiger partial charge in [-0.15, -0.1) is 0 Å². The average Bonchev–Trinajstić information content (AvgIpc) is 2.89. The van der Waals surface area contributed by atoms with Gasteiger partial charge in [-0.1, -0.05) is 35.0 Å². The molecule has 0 aliphatic rings. The van der Waals surface area contributed by atoms with Crippen LogP contribution in [0.25, 0.3) is 11.4 Å². The molecule has 0 fully saturated rings. The van der Waals surface area contributed by atoms with Gasteiger partial charge in [0.25, 0.3) is 0 Å². The van der Waals surface area contributed by atoms with Crippen LogP contribution in [0.1, 0.15) is 11.1 Å². The van der Waals surface area contributed by atoms with Gasteiger partial charge in [-0.3, -0.25) is 9.09 Å². The number of rotatable bonds is 4. The first-order valence-corrected chi connectivity index (χ1v) is 6.94. The van der Waals surface area contributed by atoms with Gasteiger partial charge in [0.05, 0.1) is 13.7 Å². The first kappa shape index (κ1) is 14.1. The quantitative estimate of drug-likeness (QED) is 0.743.